The summed E-state index contributed by atoms with van der Waals surface area (Å²) in [5, 5.41) is 22.5. The molecular weight excluding hydrogens is 384 g/mol. The Morgan fingerprint density at radius 1 is 1.33 bits per heavy atom. The molecule has 2 fully saturated rings. The third-order valence-corrected chi connectivity index (χ3v) is 5.78. The van der Waals surface area contributed by atoms with Crippen LogP contribution in [-0.2, 0) is 15.0 Å². The topological polar surface area (TPSA) is 128 Å². The summed E-state index contributed by atoms with van der Waals surface area (Å²) in [4.78, 5) is 11.4. The molecule has 1 aliphatic carbocycles. The molecule has 0 bridgehead atoms. The van der Waals surface area contributed by atoms with Gasteiger partial charge in [0.25, 0.3) is 5.91 Å². The van der Waals surface area contributed by atoms with Gasteiger partial charge in [-0.2, -0.15) is 18.1 Å². The van der Waals surface area contributed by atoms with E-state index in [1.807, 2.05) is 6.07 Å². The fourth-order valence-corrected chi connectivity index (χ4v) is 4.14. The lowest BCUT2D eigenvalue weighted by molar-refractivity contribution is -0.117. The molecule has 2 unspecified atom stereocenters. The Bertz CT molecular complexity index is 1120. The molecule has 9 nitrogen and oxygen atoms in total. The smallest absolute Gasteiger partial charge is 0.326 e. The lowest BCUT2D eigenvalue weighted by Gasteiger charge is -2.18. The molecule has 0 spiro atoms. The van der Waals surface area contributed by atoms with Crippen molar-refractivity contribution in [3.05, 3.63) is 30.1 Å². The van der Waals surface area contributed by atoms with E-state index in [9.17, 15) is 22.7 Å². The number of amides is 1. The summed E-state index contributed by atoms with van der Waals surface area (Å²) in [7, 11) is -4.37. The molecule has 140 valence electrons. The SMILES string of the molecule is N#CC1CC1n1cc(-c2ccc(O)c(N3CC(=O)NS3(=O)=O)c2F)c(F)n1. The van der Waals surface area contributed by atoms with Crippen LogP contribution in [0.5, 0.6) is 5.75 Å². The third kappa shape index (κ3) is 2.67. The Labute approximate surface area is 151 Å². The fraction of sp³-hybridized carbons (Fsp3) is 0.267. The van der Waals surface area contributed by atoms with Crippen molar-refractivity contribution >= 4 is 21.8 Å². The minimum atomic E-state index is -4.37. The average Bonchev–Trinajstić information content (AvgIpc) is 3.21. The van der Waals surface area contributed by atoms with Crippen molar-refractivity contribution in [3.8, 4) is 22.9 Å². The molecule has 2 N–H and O–H groups in total. The summed E-state index contributed by atoms with van der Waals surface area (Å²) in [6.45, 7) is -0.718. The summed E-state index contributed by atoms with van der Waals surface area (Å²) < 4.78 is 56.5. The van der Waals surface area contributed by atoms with Gasteiger partial charge in [-0.05, 0) is 18.6 Å². The Kier molecular flexibility index (Phi) is 3.60. The fourth-order valence-electron chi connectivity index (χ4n) is 2.98. The van der Waals surface area contributed by atoms with Crippen LogP contribution in [0.1, 0.15) is 12.5 Å². The van der Waals surface area contributed by atoms with E-state index < -0.39 is 45.9 Å². The summed E-state index contributed by atoms with van der Waals surface area (Å²) in [5.41, 5.74) is -1.36. The molecule has 1 aromatic carbocycles. The van der Waals surface area contributed by atoms with Gasteiger partial charge < -0.3 is 5.11 Å². The van der Waals surface area contributed by atoms with Gasteiger partial charge in [-0.1, -0.05) is 0 Å². The van der Waals surface area contributed by atoms with Crippen LogP contribution in [0.25, 0.3) is 11.1 Å². The lowest BCUT2D eigenvalue weighted by atomic mass is 10.1. The number of hydrogen-bond donors (Lipinski definition) is 2. The maximum absolute atomic E-state index is 15.0. The highest BCUT2D eigenvalue weighted by molar-refractivity contribution is 7.92. The molecular formula is C15H11F2N5O4S. The molecule has 12 heteroatoms. The molecule has 0 radical (unpaired) electrons. The highest BCUT2D eigenvalue weighted by atomic mass is 32.2. The molecule has 1 amide bonds. The highest BCUT2D eigenvalue weighted by Gasteiger charge is 2.41. The molecule has 2 aromatic rings. The van der Waals surface area contributed by atoms with E-state index >= 15 is 4.39 Å². The number of nitrogens with one attached hydrogen (secondary N) is 1. The molecule has 4 rings (SSSR count). The largest absolute Gasteiger partial charge is 0.506 e. The van der Waals surface area contributed by atoms with Gasteiger partial charge in [-0.3, -0.25) is 9.48 Å². The van der Waals surface area contributed by atoms with E-state index in [4.69, 9.17) is 5.26 Å². The average molecular weight is 395 g/mol. The van der Waals surface area contributed by atoms with Crippen molar-refractivity contribution in [1.82, 2.24) is 14.5 Å². The monoisotopic (exact) mass is 395 g/mol. The maximum Gasteiger partial charge on any atom is 0.326 e. The van der Waals surface area contributed by atoms with Crippen molar-refractivity contribution in [2.24, 2.45) is 5.92 Å². The van der Waals surface area contributed by atoms with Crippen LogP contribution in [-0.4, -0.2) is 35.8 Å². The predicted molar refractivity (Wildman–Crippen MR) is 86.4 cm³/mol. The number of nitrogens with zero attached hydrogens (tertiary/aromatic N) is 4. The number of halogens is 2. The van der Waals surface area contributed by atoms with Gasteiger partial charge in [0.1, 0.15) is 18.0 Å². The van der Waals surface area contributed by atoms with Crippen molar-refractivity contribution < 1.29 is 27.1 Å². The van der Waals surface area contributed by atoms with Crippen LogP contribution in [0.4, 0.5) is 14.5 Å². The van der Waals surface area contributed by atoms with Gasteiger partial charge in [-0.25, -0.2) is 13.4 Å². The molecule has 1 aromatic heterocycles. The van der Waals surface area contributed by atoms with Gasteiger partial charge in [0.15, 0.2) is 5.82 Å². The van der Waals surface area contributed by atoms with Gasteiger partial charge >= 0.3 is 10.2 Å². The zero-order chi connectivity index (χ0) is 19.5. The second-order valence-corrected chi connectivity index (χ2v) is 7.78. The second-order valence-electron chi connectivity index (χ2n) is 6.18. The Morgan fingerprint density at radius 2 is 2.07 bits per heavy atom. The Balaban J connectivity index is 1.81. The van der Waals surface area contributed by atoms with E-state index in [1.54, 1.807) is 4.72 Å². The van der Waals surface area contributed by atoms with E-state index in [-0.39, 0.29) is 23.1 Å². The number of anilines is 1. The standard InChI is InChI=1S/C15H11F2N5O4S/c16-13-8(9-5-21(19-15(9)17)10-3-7(10)4-18)1-2-11(23)14(13)22-6-12(24)20-27(22,25)26/h1-2,5,7,10,23H,3,6H2,(H,20,24). The zero-order valence-electron chi connectivity index (χ0n) is 13.4. The number of benzene rings is 1. The third-order valence-electron chi connectivity index (χ3n) is 4.40. The Hall–Kier alpha value is -3.20. The van der Waals surface area contributed by atoms with Crippen LogP contribution in [0.15, 0.2) is 18.3 Å². The number of phenolic OH excluding ortho intramolecular Hbond substituents is 1. The number of rotatable bonds is 3. The Morgan fingerprint density at radius 3 is 2.67 bits per heavy atom. The lowest BCUT2D eigenvalue weighted by Crippen LogP contribution is -2.30. The summed E-state index contributed by atoms with van der Waals surface area (Å²) in [5.74, 6) is -4.15. The maximum atomic E-state index is 15.0. The van der Waals surface area contributed by atoms with Crippen LogP contribution < -0.4 is 9.03 Å². The summed E-state index contributed by atoms with van der Waals surface area (Å²) in [6.07, 6.45) is 1.72. The van der Waals surface area contributed by atoms with Gasteiger partial charge in [-0.15, -0.1) is 5.10 Å². The van der Waals surface area contributed by atoms with Gasteiger partial charge in [0.05, 0.1) is 23.6 Å². The number of nitriles is 1. The molecule has 2 aliphatic rings. The number of carbonyl (C=O) groups excluding carboxylic acids is 1. The highest BCUT2D eigenvalue weighted by Crippen LogP contribution is 2.44. The van der Waals surface area contributed by atoms with Crippen LogP contribution in [0.2, 0.25) is 0 Å². The molecule has 1 saturated carbocycles. The molecule has 2 atom stereocenters. The van der Waals surface area contributed by atoms with Crippen molar-refractivity contribution in [2.45, 2.75) is 12.5 Å². The minimum Gasteiger partial charge on any atom is -0.506 e. The number of hydrogen-bond acceptors (Lipinski definition) is 6. The van der Waals surface area contributed by atoms with Crippen molar-refractivity contribution in [3.63, 3.8) is 0 Å². The number of phenols is 1. The van der Waals surface area contributed by atoms with Crippen LogP contribution >= 0.6 is 0 Å². The van der Waals surface area contributed by atoms with E-state index in [1.165, 1.54) is 10.9 Å². The first-order chi connectivity index (χ1) is 12.7. The summed E-state index contributed by atoms with van der Waals surface area (Å²) in [6, 6.07) is 3.80. The summed E-state index contributed by atoms with van der Waals surface area (Å²) >= 11 is 0. The first-order valence-electron chi connectivity index (χ1n) is 7.72. The number of aromatic hydroxyl groups is 1. The molecule has 27 heavy (non-hydrogen) atoms. The predicted octanol–water partition coefficient (Wildman–Crippen LogP) is 0.799. The van der Waals surface area contributed by atoms with E-state index in [0.717, 1.165) is 12.1 Å². The zero-order valence-corrected chi connectivity index (χ0v) is 14.2. The first kappa shape index (κ1) is 17.2. The normalized spacial score (nSPS) is 23.1. The van der Waals surface area contributed by atoms with E-state index in [2.05, 4.69) is 5.10 Å². The van der Waals surface area contributed by atoms with Gasteiger partial charge in [0.2, 0.25) is 5.95 Å². The second kappa shape index (κ2) is 5.65. The van der Waals surface area contributed by atoms with Crippen LogP contribution in [0.3, 0.4) is 0 Å². The van der Waals surface area contributed by atoms with Crippen molar-refractivity contribution in [2.75, 3.05) is 10.8 Å². The van der Waals surface area contributed by atoms with Gasteiger partial charge in [0, 0.05) is 11.8 Å². The minimum absolute atomic E-state index is 0.256. The van der Waals surface area contributed by atoms with Crippen molar-refractivity contribution in [1.29, 1.82) is 5.26 Å². The number of aromatic nitrogens is 2. The van der Waals surface area contributed by atoms with E-state index in [0.29, 0.717) is 10.7 Å². The first-order valence-corrected chi connectivity index (χ1v) is 9.16. The van der Waals surface area contributed by atoms with Crippen LogP contribution in [0, 0.1) is 29.0 Å². The molecule has 1 aliphatic heterocycles. The molecule has 1 saturated heterocycles. The molecule has 2 heterocycles. The quantitative estimate of drug-likeness (QED) is 0.791. The number of carbonyl (C=O) groups is 1.